The van der Waals surface area contributed by atoms with Crippen molar-refractivity contribution in [2.24, 2.45) is 0 Å². The number of hydrogen-bond donors (Lipinski definition) is 2. The summed E-state index contributed by atoms with van der Waals surface area (Å²) in [5, 5.41) is 12.3. The second kappa shape index (κ2) is 5.07. The van der Waals surface area contributed by atoms with Gasteiger partial charge in [0.1, 0.15) is 6.07 Å². The Balaban J connectivity index is 1.91. The Hall–Kier alpha value is -1.73. The second-order valence-corrected chi connectivity index (χ2v) is 4.30. The van der Waals surface area contributed by atoms with Crippen molar-refractivity contribution in [2.45, 2.75) is 31.9 Å². The third-order valence-corrected chi connectivity index (χ3v) is 3.04. The predicted molar refractivity (Wildman–Crippen MR) is 67.6 cm³/mol. The number of hydrogen-bond acceptors (Lipinski definition) is 4. The monoisotopic (exact) mass is 231 g/mol. The lowest BCUT2D eigenvalue weighted by Gasteiger charge is -2.36. The zero-order valence-corrected chi connectivity index (χ0v) is 9.94. The fourth-order valence-electron chi connectivity index (χ4n) is 2.03. The summed E-state index contributed by atoms with van der Waals surface area (Å²) in [6.07, 6.45) is 2.45. The smallest absolute Gasteiger partial charge is 0.101 e. The molecule has 0 heterocycles. The van der Waals surface area contributed by atoms with E-state index in [9.17, 15) is 0 Å². The van der Waals surface area contributed by atoms with Crippen molar-refractivity contribution in [3.8, 4) is 6.07 Å². The van der Waals surface area contributed by atoms with Gasteiger partial charge in [0.2, 0.25) is 0 Å². The van der Waals surface area contributed by atoms with Crippen LogP contribution in [-0.4, -0.2) is 18.8 Å². The average molecular weight is 231 g/mol. The molecule has 1 aromatic rings. The number of nitrogens with two attached hydrogens (primary N) is 1. The van der Waals surface area contributed by atoms with Gasteiger partial charge in [0.25, 0.3) is 0 Å². The van der Waals surface area contributed by atoms with Gasteiger partial charge in [-0.25, -0.2) is 0 Å². The first-order valence-corrected chi connectivity index (χ1v) is 5.90. The predicted octanol–water partition coefficient (Wildman–Crippen LogP) is 2.12. The minimum Gasteiger partial charge on any atom is -0.398 e. The van der Waals surface area contributed by atoms with Crippen LogP contribution in [0.25, 0.3) is 0 Å². The second-order valence-electron chi connectivity index (χ2n) is 4.30. The van der Waals surface area contributed by atoms with Gasteiger partial charge in [0, 0.05) is 24.0 Å². The standard InChI is InChI=1S/C13H17N3O/c1-2-17-12-6-11(7-12)16-10-3-4-13(15)9(5-10)8-14/h3-5,11-12,16H,2,6-7,15H2,1H3. The Labute approximate surface area is 101 Å². The van der Waals surface area contributed by atoms with Crippen LogP contribution in [0, 0.1) is 11.3 Å². The van der Waals surface area contributed by atoms with Gasteiger partial charge in [-0.3, -0.25) is 0 Å². The molecule has 1 aromatic carbocycles. The van der Waals surface area contributed by atoms with Crippen molar-refractivity contribution in [3.63, 3.8) is 0 Å². The van der Waals surface area contributed by atoms with E-state index in [2.05, 4.69) is 11.4 Å². The molecule has 3 N–H and O–H groups in total. The zero-order valence-electron chi connectivity index (χ0n) is 9.94. The summed E-state index contributed by atoms with van der Waals surface area (Å²) in [7, 11) is 0. The lowest BCUT2D eigenvalue weighted by atomic mass is 9.89. The number of nitrogen functional groups attached to an aromatic ring is 1. The molecule has 0 aliphatic heterocycles. The number of nitriles is 1. The van der Waals surface area contributed by atoms with E-state index in [1.54, 1.807) is 12.1 Å². The van der Waals surface area contributed by atoms with Gasteiger partial charge in [-0.05, 0) is 38.0 Å². The van der Waals surface area contributed by atoms with E-state index in [0.29, 0.717) is 23.4 Å². The largest absolute Gasteiger partial charge is 0.398 e. The molecule has 1 aliphatic carbocycles. The first kappa shape index (κ1) is 11.7. The molecule has 0 atom stereocenters. The van der Waals surface area contributed by atoms with Gasteiger partial charge < -0.3 is 15.8 Å². The minimum absolute atomic E-state index is 0.390. The first-order chi connectivity index (χ1) is 8.22. The van der Waals surface area contributed by atoms with Crippen molar-refractivity contribution in [1.29, 1.82) is 5.26 Å². The van der Waals surface area contributed by atoms with Crippen molar-refractivity contribution >= 4 is 11.4 Å². The molecule has 0 bridgehead atoms. The summed E-state index contributed by atoms with van der Waals surface area (Å²) in [6, 6.07) is 8.00. The highest BCUT2D eigenvalue weighted by Gasteiger charge is 2.29. The van der Waals surface area contributed by atoms with Crippen LogP contribution in [0.4, 0.5) is 11.4 Å². The van der Waals surface area contributed by atoms with E-state index >= 15 is 0 Å². The number of nitrogens with zero attached hydrogens (tertiary/aromatic N) is 1. The molecule has 1 aliphatic rings. The molecule has 4 nitrogen and oxygen atoms in total. The number of ether oxygens (including phenoxy) is 1. The van der Waals surface area contributed by atoms with Gasteiger partial charge >= 0.3 is 0 Å². The topological polar surface area (TPSA) is 71.1 Å². The molecule has 0 amide bonds. The fraction of sp³-hybridized carbons (Fsp3) is 0.462. The molecular formula is C13H17N3O. The number of rotatable bonds is 4. The van der Waals surface area contributed by atoms with Crippen LogP contribution in [0.2, 0.25) is 0 Å². The van der Waals surface area contributed by atoms with Crippen LogP contribution in [0.15, 0.2) is 18.2 Å². The van der Waals surface area contributed by atoms with E-state index < -0.39 is 0 Å². The highest BCUT2D eigenvalue weighted by atomic mass is 16.5. The van der Waals surface area contributed by atoms with Crippen LogP contribution in [0.5, 0.6) is 0 Å². The summed E-state index contributed by atoms with van der Waals surface area (Å²) in [5.74, 6) is 0. The van der Waals surface area contributed by atoms with Gasteiger partial charge in [-0.15, -0.1) is 0 Å². The highest BCUT2D eigenvalue weighted by molar-refractivity contribution is 5.62. The summed E-state index contributed by atoms with van der Waals surface area (Å²) in [6.45, 7) is 2.79. The quantitative estimate of drug-likeness (QED) is 0.779. The van der Waals surface area contributed by atoms with Crippen LogP contribution in [-0.2, 0) is 4.74 Å². The van der Waals surface area contributed by atoms with E-state index in [0.717, 1.165) is 25.1 Å². The molecule has 0 radical (unpaired) electrons. The van der Waals surface area contributed by atoms with E-state index in [-0.39, 0.29) is 0 Å². The van der Waals surface area contributed by atoms with Crippen LogP contribution < -0.4 is 11.1 Å². The normalized spacial score (nSPS) is 22.6. The lowest BCUT2D eigenvalue weighted by Crippen LogP contribution is -2.40. The molecule has 1 saturated carbocycles. The van der Waals surface area contributed by atoms with E-state index in [1.165, 1.54) is 0 Å². The Morgan fingerprint density at radius 1 is 1.53 bits per heavy atom. The first-order valence-electron chi connectivity index (χ1n) is 5.90. The number of anilines is 2. The Morgan fingerprint density at radius 3 is 2.94 bits per heavy atom. The Morgan fingerprint density at radius 2 is 2.29 bits per heavy atom. The molecule has 0 unspecified atom stereocenters. The SMILES string of the molecule is CCOC1CC(Nc2ccc(N)c(C#N)c2)C1. The maximum atomic E-state index is 8.88. The Bertz CT molecular complexity index is 433. The van der Waals surface area contributed by atoms with Crippen molar-refractivity contribution in [1.82, 2.24) is 0 Å². The zero-order chi connectivity index (χ0) is 12.3. The summed E-state index contributed by atoms with van der Waals surface area (Å²) < 4.78 is 5.50. The highest BCUT2D eigenvalue weighted by Crippen LogP contribution is 2.27. The third-order valence-electron chi connectivity index (χ3n) is 3.04. The molecule has 4 heteroatoms. The van der Waals surface area contributed by atoms with E-state index in [1.807, 2.05) is 13.0 Å². The average Bonchev–Trinajstić information content (AvgIpc) is 2.28. The molecular weight excluding hydrogens is 214 g/mol. The third kappa shape index (κ3) is 2.69. The van der Waals surface area contributed by atoms with Crippen LogP contribution in [0.1, 0.15) is 25.3 Å². The molecule has 17 heavy (non-hydrogen) atoms. The molecule has 0 saturated heterocycles. The molecule has 0 spiro atoms. The van der Waals surface area contributed by atoms with Gasteiger partial charge in [-0.1, -0.05) is 0 Å². The maximum absolute atomic E-state index is 8.88. The summed E-state index contributed by atoms with van der Waals surface area (Å²) in [4.78, 5) is 0. The Kier molecular flexibility index (Phi) is 3.50. The molecule has 90 valence electrons. The van der Waals surface area contributed by atoms with Crippen LogP contribution >= 0.6 is 0 Å². The molecule has 0 aromatic heterocycles. The lowest BCUT2D eigenvalue weighted by molar-refractivity contribution is 0.00299. The van der Waals surface area contributed by atoms with Crippen molar-refractivity contribution in [2.75, 3.05) is 17.7 Å². The minimum atomic E-state index is 0.390. The van der Waals surface area contributed by atoms with Crippen molar-refractivity contribution < 1.29 is 4.74 Å². The van der Waals surface area contributed by atoms with E-state index in [4.69, 9.17) is 15.7 Å². The van der Waals surface area contributed by atoms with Crippen LogP contribution in [0.3, 0.4) is 0 Å². The van der Waals surface area contributed by atoms with Crippen molar-refractivity contribution in [3.05, 3.63) is 23.8 Å². The fourth-order valence-corrected chi connectivity index (χ4v) is 2.03. The van der Waals surface area contributed by atoms with Gasteiger partial charge in [-0.2, -0.15) is 5.26 Å². The number of nitrogens with one attached hydrogen (secondary N) is 1. The molecule has 1 fully saturated rings. The summed E-state index contributed by atoms with van der Waals surface area (Å²) >= 11 is 0. The van der Waals surface area contributed by atoms with Gasteiger partial charge in [0.05, 0.1) is 11.7 Å². The van der Waals surface area contributed by atoms with Gasteiger partial charge in [0.15, 0.2) is 0 Å². The summed E-state index contributed by atoms with van der Waals surface area (Å²) in [5.41, 5.74) is 7.67. The molecule has 2 rings (SSSR count). The number of benzene rings is 1. The maximum Gasteiger partial charge on any atom is 0.101 e.